The lowest BCUT2D eigenvalue weighted by Gasteiger charge is -2.14. The van der Waals surface area contributed by atoms with Crippen LogP contribution in [0, 0.1) is 5.82 Å². The SMILES string of the molecule is CC(=O)NCC1CN(c2ccc(-n3ccc(CO)n3)c(F)c2)C(=O)O1. The predicted molar refractivity (Wildman–Crippen MR) is 85.7 cm³/mol. The third-order valence-electron chi connectivity index (χ3n) is 3.75. The van der Waals surface area contributed by atoms with E-state index in [4.69, 9.17) is 9.84 Å². The quantitative estimate of drug-likeness (QED) is 0.839. The summed E-state index contributed by atoms with van der Waals surface area (Å²) in [5.74, 6) is -0.783. The second kappa shape index (κ2) is 6.89. The Hall–Kier alpha value is -2.94. The standard InChI is InChI=1S/C16H17FN4O4/c1-10(23)18-7-13-8-20(16(24)25-13)12-2-3-15(14(17)6-12)21-5-4-11(9-22)19-21/h2-6,13,22H,7-9H2,1H3,(H,18,23). The number of nitrogens with one attached hydrogen (secondary N) is 1. The zero-order valence-corrected chi connectivity index (χ0v) is 13.5. The predicted octanol–water partition coefficient (Wildman–Crippen LogP) is 0.965. The molecule has 0 bridgehead atoms. The normalized spacial score (nSPS) is 16.8. The highest BCUT2D eigenvalue weighted by atomic mass is 19.1. The van der Waals surface area contributed by atoms with E-state index in [1.54, 1.807) is 12.1 Å². The van der Waals surface area contributed by atoms with Gasteiger partial charge in [-0.3, -0.25) is 9.69 Å². The number of aromatic nitrogens is 2. The summed E-state index contributed by atoms with van der Waals surface area (Å²) in [6, 6.07) is 5.88. The minimum Gasteiger partial charge on any atom is -0.442 e. The van der Waals surface area contributed by atoms with Crippen LogP contribution in [-0.4, -0.2) is 46.1 Å². The maximum absolute atomic E-state index is 14.4. The lowest BCUT2D eigenvalue weighted by Crippen LogP contribution is -2.33. The average Bonchev–Trinajstić information content (AvgIpc) is 3.19. The molecule has 0 radical (unpaired) electrons. The third kappa shape index (κ3) is 3.61. The number of hydrogen-bond acceptors (Lipinski definition) is 5. The molecule has 1 atom stereocenters. The van der Waals surface area contributed by atoms with Crippen molar-refractivity contribution in [1.29, 1.82) is 0 Å². The van der Waals surface area contributed by atoms with E-state index in [-0.39, 0.29) is 31.3 Å². The molecule has 0 aliphatic carbocycles. The Labute approximate surface area is 142 Å². The van der Waals surface area contributed by atoms with Crippen molar-refractivity contribution in [2.24, 2.45) is 0 Å². The van der Waals surface area contributed by atoms with Gasteiger partial charge in [0.2, 0.25) is 5.91 Å². The molecule has 1 aromatic carbocycles. The second-order valence-electron chi connectivity index (χ2n) is 5.60. The maximum atomic E-state index is 14.4. The number of amides is 2. The van der Waals surface area contributed by atoms with Crippen LogP contribution in [0.25, 0.3) is 5.69 Å². The van der Waals surface area contributed by atoms with Crippen molar-refractivity contribution in [1.82, 2.24) is 15.1 Å². The van der Waals surface area contributed by atoms with Crippen LogP contribution in [0.2, 0.25) is 0 Å². The fraction of sp³-hybridized carbons (Fsp3) is 0.312. The summed E-state index contributed by atoms with van der Waals surface area (Å²) in [7, 11) is 0. The Morgan fingerprint density at radius 1 is 1.48 bits per heavy atom. The van der Waals surface area contributed by atoms with Crippen LogP contribution < -0.4 is 10.2 Å². The molecule has 132 valence electrons. The molecule has 0 saturated carbocycles. The van der Waals surface area contributed by atoms with Crippen molar-refractivity contribution < 1.29 is 23.8 Å². The summed E-state index contributed by atoms with van der Waals surface area (Å²) in [5.41, 5.74) is 0.976. The van der Waals surface area contributed by atoms with Gasteiger partial charge in [-0.15, -0.1) is 0 Å². The molecule has 1 aliphatic rings. The van der Waals surface area contributed by atoms with Crippen LogP contribution in [0.15, 0.2) is 30.5 Å². The van der Waals surface area contributed by atoms with Gasteiger partial charge in [-0.05, 0) is 24.3 Å². The molecule has 8 nitrogen and oxygen atoms in total. The number of hydrogen-bond donors (Lipinski definition) is 2. The van der Waals surface area contributed by atoms with Gasteiger partial charge >= 0.3 is 6.09 Å². The molecule has 25 heavy (non-hydrogen) atoms. The van der Waals surface area contributed by atoms with Crippen LogP contribution in [0.3, 0.4) is 0 Å². The fourth-order valence-electron chi connectivity index (χ4n) is 2.53. The highest BCUT2D eigenvalue weighted by Crippen LogP contribution is 2.25. The van der Waals surface area contributed by atoms with Gasteiger partial charge in [0.15, 0.2) is 5.82 Å². The number of carbonyl (C=O) groups excluding carboxylic acids is 2. The third-order valence-corrected chi connectivity index (χ3v) is 3.75. The number of benzene rings is 1. The average molecular weight is 348 g/mol. The Kier molecular flexibility index (Phi) is 4.66. The fourth-order valence-corrected chi connectivity index (χ4v) is 2.53. The van der Waals surface area contributed by atoms with E-state index >= 15 is 0 Å². The first-order valence-electron chi connectivity index (χ1n) is 7.66. The zero-order valence-electron chi connectivity index (χ0n) is 13.5. The monoisotopic (exact) mass is 348 g/mol. The summed E-state index contributed by atoms with van der Waals surface area (Å²) in [6.45, 7) is 1.56. The molecule has 1 aliphatic heterocycles. The van der Waals surface area contributed by atoms with E-state index < -0.39 is 18.0 Å². The summed E-state index contributed by atoms with van der Waals surface area (Å²) in [6.07, 6.45) is 0.457. The smallest absolute Gasteiger partial charge is 0.414 e. The number of nitrogens with zero attached hydrogens (tertiary/aromatic N) is 3. The van der Waals surface area contributed by atoms with Crippen LogP contribution >= 0.6 is 0 Å². The summed E-state index contributed by atoms with van der Waals surface area (Å²) in [4.78, 5) is 24.2. The Balaban J connectivity index is 1.76. The van der Waals surface area contributed by atoms with Crippen LogP contribution in [0.1, 0.15) is 12.6 Å². The van der Waals surface area contributed by atoms with Gasteiger partial charge in [-0.2, -0.15) is 5.10 Å². The Bertz CT molecular complexity index is 807. The number of aliphatic hydroxyl groups excluding tert-OH is 1. The number of anilines is 1. The number of ether oxygens (including phenoxy) is 1. The topological polar surface area (TPSA) is 96.7 Å². The summed E-state index contributed by atoms with van der Waals surface area (Å²) >= 11 is 0. The molecule has 0 spiro atoms. The molecular weight excluding hydrogens is 331 g/mol. The van der Waals surface area contributed by atoms with Crippen molar-refractivity contribution in [3.63, 3.8) is 0 Å². The molecule has 2 heterocycles. The Morgan fingerprint density at radius 2 is 2.28 bits per heavy atom. The van der Waals surface area contributed by atoms with Gasteiger partial charge in [-0.1, -0.05) is 0 Å². The van der Waals surface area contributed by atoms with E-state index in [1.165, 1.54) is 34.8 Å². The molecule has 2 amide bonds. The van der Waals surface area contributed by atoms with Crippen molar-refractivity contribution in [2.75, 3.05) is 18.0 Å². The minimum atomic E-state index is -0.593. The van der Waals surface area contributed by atoms with Gasteiger partial charge < -0.3 is 15.2 Å². The van der Waals surface area contributed by atoms with Crippen molar-refractivity contribution >= 4 is 17.7 Å². The highest BCUT2D eigenvalue weighted by molar-refractivity contribution is 5.90. The van der Waals surface area contributed by atoms with Crippen LogP contribution in [-0.2, 0) is 16.1 Å². The first-order valence-corrected chi connectivity index (χ1v) is 7.66. The number of carbonyl (C=O) groups is 2. The molecule has 2 aromatic rings. The summed E-state index contributed by atoms with van der Waals surface area (Å²) in [5, 5.41) is 15.6. The first kappa shape index (κ1) is 16.9. The number of cyclic esters (lactones) is 1. The number of aliphatic hydroxyl groups is 1. The second-order valence-corrected chi connectivity index (χ2v) is 5.60. The van der Waals surface area contributed by atoms with Gasteiger partial charge in [-0.25, -0.2) is 13.9 Å². The van der Waals surface area contributed by atoms with Gasteiger partial charge in [0.05, 0.1) is 31.1 Å². The summed E-state index contributed by atoms with van der Waals surface area (Å²) < 4.78 is 20.9. The van der Waals surface area contributed by atoms with Crippen LogP contribution in [0.4, 0.5) is 14.9 Å². The molecule has 3 rings (SSSR count). The van der Waals surface area contributed by atoms with Gasteiger partial charge in [0, 0.05) is 13.1 Å². The molecule has 1 fully saturated rings. The molecule has 1 aromatic heterocycles. The van der Waals surface area contributed by atoms with E-state index in [0.717, 1.165) is 0 Å². The molecule has 2 N–H and O–H groups in total. The van der Waals surface area contributed by atoms with Crippen molar-refractivity contribution in [2.45, 2.75) is 19.6 Å². The minimum absolute atomic E-state index is 0.200. The van der Waals surface area contributed by atoms with E-state index in [9.17, 15) is 14.0 Å². The molecule has 1 unspecified atom stereocenters. The molecule has 9 heteroatoms. The van der Waals surface area contributed by atoms with E-state index in [2.05, 4.69) is 10.4 Å². The van der Waals surface area contributed by atoms with Gasteiger partial charge in [0.25, 0.3) is 0 Å². The maximum Gasteiger partial charge on any atom is 0.414 e. The lowest BCUT2D eigenvalue weighted by atomic mass is 10.2. The molecule has 1 saturated heterocycles. The zero-order chi connectivity index (χ0) is 18.0. The van der Waals surface area contributed by atoms with E-state index in [0.29, 0.717) is 11.4 Å². The number of halogens is 1. The van der Waals surface area contributed by atoms with Crippen molar-refractivity contribution in [3.05, 3.63) is 42.0 Å². The lowest BCUT2D eigenvalue weighted by molar-refractivity contribution is -0.119. The van der Waals surface area contributed by atoms with Crippen molar-refractivity contribution in [3.8, 4) is 5.69 Å². The number of rotatable bonds is 5. The molecular formula is C16H17FN4O4. The largest absolute Gasteiger partial charge is 0.442 e. The van der Waals surface area contributed by atoms with E-state index in [1.807, 2.05) is 0 Å². The highest BCUT2D eigenvalue weighted by Gasteiger charge is 2.32. The van der Waals surface area contributed by atoms with Crippen LogP contribution in [0.5, 0.6) is 0 Å². The Morgan fingerprint density at radius 3 is 2.92 bits per heavy atom. The first-order chi connectivity index (χ1) is 12.0. The van der Waals surface area contributed by atoms with Gasteiger partial charge in [0.1, 0.15) is 11.8 Å².